The van der Waals surface area contributed by atoms with Crippen LogP contribution in [-0.2, 0) is 4.74 Å². The van der Waals surface area contributed by atoms with Gasteiger partial charge in [-0.25, -0.2) is 4.79 Å². The maximum Gasteiger partial charge on any atom is 0.343 e. The van der Waals surface area contributed by atoms with Crippen molar-refractivity contribution in [2.45, 2.75) is 38.8 Å². The van der Waals surface area contributed by atoms with Crippen LogP contribution in [0.5, 0.6) is 5.75 Å². The molecular formula is C14H21IO3Si. The number of carbonyl (C=O) groups is 1. The summed E-state index contributed by atoms with van der Waals surface area (Å²) in [6.07, 6.45) is 0.941. The van der Waals surface area contributed by atoms with E-state index in [2.05, 4.69) is 22.6 Å². The second-order valence-corrected chi connectivity index (χ2v) is 7.48. The van der Waals surface area contributed by atoms with Crippen molar-refractivity contribution in [1.82, 2.24) is 0 Å². The molecule has 0 saturated carbocycles. The van der Waals surface area contributed by atoms with Crippen molar-refractivity contribution in [2.24, 2.45) is 0 Å². The third-order valence-corrected chi connectivity index (χ3v) is 3.93. The first-order valence-corrected chi connectivity index (χ1v) is 8.99. The van der Waals surface area contributed by atoms with Crippen LogP contribution in [-0.4, -0.2) is 28.4 Å². The van der Waals surface area contributed by atoms with Crippen LogP contribution in [0.25, 0.3) is 0 Å². The Hall–Kier alpha value is -0.563. The minimum Gasteiger partial charge on any atom is -0.487 e. The fourth-order valence-electron chi connectivity index (χ4n) is 1.50. The van der Waals surface area contributed by atoms with Gasteiger partial charge < -0.3 is 9.47 Å². The van der Waals surface area contributed by atoms with Crippen molar-refractivity contribution in [3.63, 3.8) is 0 Å². The van der Waals surface area contributed by atoms with Gasteiger partial charge in [-0.2, -0.15) is 0 Å². The molecule has 0 N–H and O–H groups in total. The van der Waals surface area contributed by atoms with Gasteiger partial charge in [-0.05, 0) is 61.9 Å². The number of rotatable bonds is 5. The van der Waals surface area contributed by atoms with Gasteiger partial charge in [0.25, 0.3) is 0 Å². The number of carbonyl (C=O) groups excluding carboxylic acids is 1. The minimum atomic E-state index is -0.339. The quantitative estimate of drug-likeness (QED) is 0.335. The van der Waals surface area contributed by atoms with Crippen LogP contribution in [0.1, 0.15) is 37.6 Å². The summed E-state index contributed by atoms with van der Waals surface area (Å²) >= 11 is 2.14. The molecule has 0 atom stereocenters. The molecule has 0 unspecified atom stereocenters. The zero-order valence-electron chi connectivity index (χ0n) is 12.0. The van der Waals surface area contributed by atoms with E-state index in [0.29, 0.717) is 17.9 Å². The van der Waals surface area contributed by atoms with E-state index in [1.54, 1.807) is 0 Å². The number of hydrogen-bond donors (Lipinski definition) is 0. The molecule has 1 rings (SSSR count). The molecule has 0 spiro atoms. The molecule has 0 saturated heterocycles. The summed E-state index contributed by atoms with van der Waals surface area (Å²) in [6.45, 7) is 6.37. The predicted molar refractivity (Wildman–Crippen MR) is 89.2 cm³/mol. The Labute approximate surface area is 131 Å². The highest BCUT2D eigenvalue weighted by Crippen LogP contribution is 2.28. The molecule has 106 valence electrons. The van der Waals surface area contributed by atoms with Gasteiger partial charge in [0.1, 0.15) is 16.9 Å². The lowest BCUT2D eigenvalue weighted by Crippen LogP contribution is -2.24. The SMILES string of the molecule is CC(C)(C)Oc1cccc(I)c1C(=O)OCCC[SiH3]. The zero-order valence-corrected chi connectivity index (χ0v) is 16.1. The Morgan fingerprint density at radius 1 is 1.37 bits per heavy atom. The second kappa shape index (κ2) is 7.28. The molecule has 1 aromatic rings. The van der Waals surface area contributed by atoms with Gasteiger partial charge in [-0.3, -0.25) is 0 Å². The van der Waals surface area contributed by atoms with Crippen LogP contribution < -0.4 is 4.74 Å². The van der Waals surface area contributed by atoms with Crippen LogP contribution in [0.15, 0.2) is 18.2 Å². The van der Waals surface area contributed by atoms with Gasteiger partial charge in [0.15, 0.2) is 0 Å². The highest BCUT2D eigenvalue weighted by Gasteiger charge is 2.21. The van der Waals surface area contributed by atoms with Crippen molar-refractivity contribution < 1.29 is 14.3 Å². The molecule has 5 heteroatoms. The summed E-state index contributed by atoms with van der Waals surface area (Å²) in [4.78, 5) is 12.2. The van der Waals surface area contributed by atoms with Gasteiger partial charge in [-0.15, -0.1) is 0 Å². The first kappa shape index (κ1) is 16.5. The summed E-state index contributed by atoms with van der Waals surface area (Å²) < 4.78 is 12.0. The predicted octanol–water partition coefficient (Wildman–Crippen LogP) is 2.80. The normalized spacial score (nSPS) is 11.4. The Morgan fingerprint density at radius 3 is 2.63 bits per heavy atom. The summed E-state index contributed by atoms with van der Waals surface area (Å²) in [5.74, 6) is 0.301. The fourth-order valence-corrected chi connectivity index (χ4v) is 2.48. The maximum absolute atomic E-state index is 12.2. The topological polar surface area (TPSA) is 35.5 Å². The van der Waals surface area contributed by atoms with Crippen LogP contribution in [0.3, 0.4) is 0 Å². The van der Waals surface area contributed by atoms with Crippen molar-refractivity contribution >= 4 is 38.8 Å². The van der Waals surface area contributed by atoms with Crippen LogP contribution in [0.4, 0.5) is 0 Å². The molecule has 19 heavy (non-hydrogen) atoms. The van der Waals surface area contributed by atoms with Crippen molar-refractivity contribution in [2.75, 3.05) is 6.61 Å². The van der Waals surface area contributed by atoms with Gasteiger partial charge >= 0.3 is 5.97 Å². The van der Waals surface area contributed by atoms with E-state index in [4.69, 9.17) is 9.47 Å². The molecule has 0 amide bonds. The van der Waals surface area contributed by atoms with E-state index in [9.17, 15) is 4.79 Å². The van der Waals surface area contributed by atoms with Gasteiger partial charge in [0.2, 0.25) is 0 Å². The standard InChI is InChI=1S/C14H21IO3Si/c1-14(2,3)18-11-7-4-6-10(15)12(11)13(16)17-8-5-9-19/h4,6-7H,5,8-9H2,1-3,19H3. The van der Waals surface area contributed by atoms with Crippen molar-refractivity contribution in [1.29, 1.82) is 0 Å². The monoisotopic (exact) mass is 392 g/mol. The van der Waals surface area contributed by atoms with E-state index in [1.165, 1.54) is 0 Å². The lowest BCUT2D eigenvalue weighted by Gasteiger charge is -2.23. The highest BCUT2D eigenvalue weighted by molar-refractivity contribution is 14.1. The number of ether oxygens (including phenoxy) is 2. The molecular weight excluding hydrogens is 371 g/mol. The molecule has 0 aromatic heterocycles. The van der Waals surface area contributed by atoms with Gasteiger partial charge in [0.05, 0.1) is 6.61 Å². The Bertz CT molecular complexity index is 441. The minimum absolute atomic E-state index is 0.292. The second-order valence-electron chi connectivity index (χ2n) is 5.32. The van der Waals surface area contributed by atoms with E-state index < -0.39 is 0 Å². The van der Waals surface area contributed by atoms with Gasteiger partial charge in [-0.1, -0.05) is 12.1 Å². The Morgan fingerprint density at radius 2 is 2.05 bits per heavy atom. The van der Waals surface area contributed by atoms with Crippen molar-refractivity contribution in [3.05, 3.63) is 27.3 Å². The third kappa shape index (κ3) is 5.52. The Kier molecular flexibility index (Phi) is 6.32. The van der Waals surface area contributed by atoms with E-state index in [-0.39, 0.29) is 11.6 Å². The number of halogens is 1. The summed E-state index contributed by atoms with van der Waals surface area (Å²) in [6, 6.07) is 6.73. The molecule has 0 aliphatic rings. The smallest absolute Gasteiger partial charge is 0.343 e. The first-order valence-electron chi connectivity index (χ1n) is 6.50. The molecule has 3 nitrogen and oxygen atoms in total. The Balaban J connectivity index is 2.94. The summed E-state index contributed by atoms with van der Waals surface area (Å²) in [5.41, 5.74) is 0.195. The molecule has 0 fully saturated rings. The summed E-state index contributed by atoms with van der Waals surface area (Å²) in [7, 11) is 1.14. The van der Waals surface area contributed by atoms with Crippen LogP contribution >= 0.6 is 22.6 Å². The van der Waals surface area contributed by atoms with Crippen LogP contribution in [0, 0.1) is 3.57 Å². The van der Waals surface area contributed by atoms with E-state index in [0.717, 1.165) is 26.3 Å². The van der Waals surface area contributed by atoms with Crippen LogP contribution in [0.2, 0.25) is 6.04 Å². The molecule has 0 aliphatic carbocycles. The number of esters is 1. The maximum atomic E-state index is 12.2. The molecule has 0 bridgehead atoms. The molecule has 1 aromatic carbocycles. The first-order chi connectivity index (χ1) is 8.85. The highest BCUT2D eigenvalue weighted by atomic mass is 127. The average molecular weight is 392 g/mol. The molecule has 0 heterocycles. The number of benzene rings is 1. The fraction of sp³-hybridized carbons (Fsp3) is 0.500. The number of hydrogen-bond acceptors (Lipinski definition) is 3. The van der Waals surface area contributed by atoms with Gasteiger partial charge in [0, 0.05) is 13.8 Å². The zero-order chi connectivity index (χ0) is 14.5. The lowest BCUT2D eigenvalue weighted by atomic mass is 10.1. The average Bonchev–Trinajstić information content (AvgIpc) is 2.27. The largest absolute Gasteiger partial charge is 0.487 e. The molecule has 0 radical (unpaired) electrons. The van der Waals surface area contributed by atoms with E-state index in [1.807, 2.05) is 39.0 Å². The third-order valence-electron chi connectivity index (χ3n) is 2.33. The van der Waals surface area contributed by atoms with Crippen molar-refractivity contribution in [3.8, 4) is 5.75 Å². The molecule has 0 aliphatic heterocycles. The summed E-state index contributed by atoms with van der Waals surface area (Å²) in [5, 5.41) is 0. The van der Waals surface area contributed by atoms with E-state index >= 15 is 0 Å². The lowest BCUT2D eigenvalue weighted by molar-refractivity contribution is 0.0490.